The molecule has 1 atom stereocenters. The summed E-state index contributed by atoms with van der Waals surface area (Å²) in [7, 11) is 0. The van der Waals surface area contributed by atoms with Crippen LogP contribution in [0.5, 0.6) is 0 Å². The zero-order chi connectivity index (χ0) is 43.7. The number of ether oxygens (including phenoxy) is 3. The van der Waals surface area contributed by atoms with Crippen molar-refractivity contribution in [2.45, 2.75) is 290 Å². The van der Waals surface area contributed by atoms with Gasteiger partial charge >= 0.3 is 17.9 Å². The zero-order valence-electron chi connectivity index (χ0n) is 40.2. The molecule has 0 radical (unpaired) electrons. The highest BCUT2D eigenvalue weighted by atomic mass is 16.6. The van der Waals surface area contributed by atoms with E-state index < -0.39 is 6.10 Å². The molecule has 0 fully saturated rings. The van der Waals surface area contributed by atoms with E-state index in [0.29, 0.717) is 19.3 Å². The van der Waals surface area contributed by atoms with Gasteiger partial charge in [0, 0.05) is 19.3 Å². The van der Waals surface area contributed by atoms with E-state index in [1.807, 2.05) is 0 Å². The predicted octanol–water partition coefficient (Wildman–Crippen LogP) is 17.2. The Hall–Kier alpha value is -2.11. The Bertz CT molecular complexity index is 973. The largest absolute Gasteiger partial charge is 0.462 e. The number of carbonyl (C=O) groups excluding carboxylic acids is 3. The molecule has 0 aromatic heterocycles. The van der Waals surface area contributed by atoms with Gasteiger partial charge in [-0.3, -0.25) is 14.4 Å². The summed E-state index contributed by atoms with van der Waals surface area (Å²) in [4.78, 5) is 37.6. The maximum absolute atomic E-state index is 12.7. The van der Waals surface area contributed by atoms with Crippen LogP contribution in [0.25, 0.3) is 0 Å². The summed E-state index contributed by atoms with van der Waals surface area (Å²) < 4.78 is 16.7. The second-order valence-corrected chi connectivity index (χ2v) is 17.8. The normalized spacial score (nSPS) is 12.1. The third-order valence-corrected chi connectivity index (χ3v) is 11.7. The van der Waals surface area contributed by atoms with Gasteiger partial charge in [-0.15, -0.1) is 0 Å². The van der Waals surface area contributed by atoms with Gasteiger partial charge in [0.2, 0.25) is 0 Å². The minimum atomic E-state index is -0.763. The van der Waals surface area contributed by atoms with Crippen molar-refractivity contribution in [2.24, 2.45) is 0 Å². The molecule has 0 spiro atoms. The number of hydrogen-bond acceptors (Lipinski definition) is 6. The summed E-state index contributed by atoms with van der Waals surface area (Å²) in [5.74, 6) is -0.872. The Morgan fingerprint density at radius 3 is 0.917 bits per heavy atom. The quantitative estimate of drug-likeness (QED) is 0.0263. The second kappa shape index (κ2) is 49.5. The lowest BCUT2D eigenvalue weighted by Crippen LogP contribution is -2.30. The molecule has 0 aromatic carbocycles. The van der Waals surface area contributed by atoms with Crippen LogP contribution in [0.3, 0.4) is 0 Å². The summed E-state index contributed by atoms with van der Waals surface area (Å²) in [5.41, 5.74) is 0. The Balaban J connectivity index is 4.07. The lowest BCUT2D eigenvalue weighted by Gasteiger charge is -2.18. The van der Waals surface area contributed by atoms with Gasteiger partial charge in [-0.05, 0) is 51.4 Å². The van der Waals surface area contributed by atoms with Crippen LogP contribution in [-0.2, 0) is 28.6 Å². The molecule has 0 aliphatic heterocycles. The molecule has 0 aromatic rings. The summed E-state index contributed by atoms with van der Waals surface area (Å²) in [6.07, 6.45) is 56.3. The van der Waals surface area contributed by atoms with Crippen molar-refractivity contribution in [2.75, 3.05) is 13.2 Å². The van der Waals surface area contributed by atoms with Crippen molar-refractivity contribution >= 4 is 17.9 Å². The van der Waals surface area contributed by atoms with Crippen LogP contribution < -0.4 is 0 Å². The first-order chi connectivity index (χ1) is 29.5. The molecule has 0 aliphatic carbocycles. The fourth-order valence-electron chi connectivity index (χ4n) is 7.71. The van der Waals surface area contributed by atoms with Gasteiger partial charge in [-0.2, -0.15) is 0 Å². The standard InChI is InChI=1S/C54H100O6/c1-4-7-10-13-15-17-19-21-23-24-25-26-27-28-29-30-31-33-34-36-38-41-44-47-53(56)59-50-51(49-58-52(55)46-43-40-12-9-6-3)60-54(57)48-45-42-39-37-35-32-22-20-18-16-14-11-8-5-2/h19,21,24-25,51H,4-18,20,22-23,26-50H2,1-3H3/b21-19-,25-24-. The maximum Gasteiger partial charge on any atom is 0.306 e. The molecule has 0 aliphatic rings. The van der Waals surface area contributed by atoms with E-state index in [2.05, 4.69) is 45.1 Å². The van der Waals surface area contributed by atoms with E-state index in [1.54, 1.807) is 0 Å². The predicted molar refractivity (Wildman–Crippen MR) is 256 cm³/mol. The van der Waals surface area contributed by atoms with Crippen molar-refractivity contribution in [3.05, 3.63) is 24.3 Å². The topological polar surface area (TPSA) is 78.9 Å². The van der Waals surface area contributed by atoms with Crippen LogP contribution in [0.15, 0.2) is 24.3 Å². The maximum atomic E-state index is 12.7. The molecule has 0 rings (SSSR count). The average molecular weight is 845 g/mol. The van der Waals surface area contributed by atoms with E-state index in [-0.39, 0.29) is 31.1 Å². The average Bonchev–Trinajstić information content (AvgIpc) is 3.24. The number of rotatable bonds is 48. The highest BCUT2D eigenvalue weighted by molar-refractivity contribution is 5.71. The van der Waals surface area contributed by atoms with Gasteiger partial charge in [-0.25, -0.2) is 0 Å². The molecular weight excluding hydrogens is 745 g/mol. The van der Waals surface area contributed by atoms with Crippen LogP contribution >= 0.6 is 0 Å². The molecule has 0 saturated carbocycles. The minimum absolute atomic E-state index is 0.0687. The number of hydrogen-bond donors (Lipinski definition) is 0. The van der Waals surface area contributed by atoms with Crippen molar-refractivity contribution in [3.63, 3.8) is 0 Å². The minimum Gasteiger partial charge on any atom is -0.462 e. The summed E-state index contributed by atoms with van der Waals surface area (Å²) in [6, 6.07) is 0. The Kier molecular flexibility index (Phi) is 47.8. The number of allylic oxidation sites excluding steroid dienone is 4. The highest BCUT2D eigenvalue weighted by Crippen LogP contribution is 2.16. The van der Waals surface area contributed by atoms with Crippen LogP contribution in [0.1, 0.15) is 284 Å². The molecule has 0 amide bonds. The van der Waals surface area contributed by atoms with Crippen LogP contribution in [0.4, 0.5) is 0 Å². The molecule has 1 unspecified atom stereocenters. The van der Waals surface area contributed by atoms with E-state index in [0.717, 1.165) is 70.6 Å². The summed E-state index contributed by atoms with van der Waals surface area (Å²) in [6.45, 7) is 6.57. The van der Waals surface area contributed by atoms with E-state index in [1.165, 1.54) is 173 Å². The zero-order valence-corrected chi connectivity index (χ0v) is 40.2. The first kappa shape index (κ1) is 57.9. The van der Waals surface area contributed by atoms with Gasteiger partial charge in [0.1, 0.15) is 13.2 Å². The van der Waals surface area contributed by atoms with E-state index in [4.69, 9.17) is 14.2 Å². The van der Waals surface area contributed by atoms with Crippen molar-refractivity contribution < 1.29 is 28.6 Å². The number of esters is 3. The van der Waals surface area contributed by atoms with Gasteiger partial charge in [-0.1, -0.05) is 238 Å². The molecule has 352 valence electrons. The van der Waals surface area contributed by atoms with Crippen molar-refractivity contribution in [1.29, 1.82) is 0 Å². The lowest BCUT2D eigenvalue weighted by atomic mass is 10.0. The summed E-state index contributed by atoms with van der Waals surface area (Å²) in [5, 5.41) is 0. The van der Waals surface area contributed by atoms with Crippen LogP contribution in [0.2, 0.25) is 0 Å². The smallest absolute Gasteiger partial charge is 0.306 e. The van der Waals surface area contributed by atoms with Gasteiger partial charge < -0.3 is 14.2 Å². The third kappa shape index (κ3) is 46.9. The SMILES string of the molecule is CCCCCCC/C=C\C/C=C\CCCCCCCCCCCCCC(=O)OCC(COC(=O)CCCCCCC)OC(=O)CCCCCCCCCCCCCCCC. The Morgan fingerprint density at radius 1 is 0.333 bits per heavy atom. The lowest BCUT2D eigenvalue weighted by molar-refractivity contribution is -0.167. The number of unbranched alkanes of at least 4 members (excludes halogenated alkanes) is 33. The van der Waals surface area contributed by atoms with Gasteiger partial charge in [0.15, 0.2) is 6.10 Å². The fraction of sp³-hybridized carbons (Fsp3) is 0.870. The third-order valence-electron chi connectivity index (χ3n) is 11.7. The molecule has 6 nitrogen and oxygen atoms in total. The monoisotopic (exact) mass is 845 g/mol. The van der Waals surface area contributed by atoms with Crippen molar-refractivity contribution in [3.8, 4) is 0 Å². The van der Waals surface area contributed by atoms with Gasteiger partial charge in [0.25, 0.3) is 0 Å². The van der Waals surface area contributed by atoms with Gasteiger partial charge in [0.05, 0.1) is 0 Å². The molecule has 0 bridgehead atoms. The van der Waals surface area contributed by atoms with E-state index in [9.17, 15) is 14.4 Å². The van der Waals surface area contributed by atoms with Crippen molar-refractivity contribution in [1.82, 2.24) is 0 Å². The first-order valence-electron chi connectivity index (χ1n) is 26.3. The molecule has 0 saturated heterocycles. The first-order valence-corrected chi connectivity index (χ1v) is 26.3. The van der Waals surface area contributed by atoms with Crippen LogP contribution in [0, 0.1) is 0 Å². The molecule has 0 heterocycles. The number of carbonyl (C=O) groups is 3. The Morgan fingerprint density at radius 2 is 0.600 bits per heavy atom. The molecular formula is C54H100O6. The molecule has 0 N–H and O–H groups in total. The molecule has 60 heavy (non-hydrogen) atoms. The van der Waals surface area contributed by atoms with E-state index >= 15 is 0 Å². The molecule has 6 heteroatoms. The van der Waals surface area contributed by atoms with Crippen LogP contribution in [-0.4, -0.2) is 37.2 Å². The Labute approximate surface area is 373 Å². The highest BCUT2D eigenvalue weighted by Gasteiger charge is 2.19. The fourth-order valence-corrected chi connectivity index (χ4v) is 7.71. The summed E-state index contributed by atoms with van der Waals surface area (Å²) >= 11 is 0. The second-order valence-electron chi connectivity index (χ2n) is 17.8.